The maximum atomic E-state index is 14.3. The Kier molecular flexibility index (Phi) is 43.1. The Morgan fingerprint density at radius 3 is 0.905 bits per heavy atom. The highest BCUT2D eigenvalue weighted by Gasteiger charge is 2.53. The van der Waals surface area contributed by atoms with Crippen molar-refractivity contribution in [2.45, 2.75) is 294 Å². The van der Waals surface area contributed by atoms with Crippen molar-refractivity contribution in [3.05, 3.63) is 89.5 Å². The van der Waals surface area contributed by atoms with Crippen molar-refractivity contribution >= 4 is 71.6 Å². The van der Waals surface area contributed by atoms with Crippen LogP contribution in [0.2, 0.25) is 0 Å². The predicted octanol–water partition coefficient (Wildman–Crippen LogP) is 6.91. The smallest absolute Gasteiger partial charge is 0.331 e. The zero-order chi connectivity index (χ0) is 86.3. The summed E-state index contributed by atoms with van der Waals surface area (Å²) in [5.74, 6) is -7.13. The second-order valence-corrected chi connectivity index (χ2v) is 28.4. The molecule has 3 heterocycles. The van der Waals surface area contributed by atoms with Crippen LogP contribution < -0.4 is 31.4 Å². The first-order valence-electron chi connectivity index (χ1n) is 39.2. The van der Waals surface area contributed by atoms with Crippen molar-refractivity contribution in [3.8, 4) is 17.2 Å². The van der Waals surface area contributed by atoms with Crippen molar-refractivity contribution in [1.82, 2.24) is 0 Å². The normalized spacial score (nSPS) is 22.4. The summed E-state index contributed by atoms with van der Waals surface area (Å²) in [6.07, 6.45) is -11.7. The maximum Gasteiger partial charge on any atom is 0.331 e. The lowest BCUT2D eigenvalue weighted by Gasteiger charge is -2.41. The van der Waals surface area contributed by atoms with Gasteiger partial charge in [-0.2, -0.15) is 0 Å². The Hall–Kier alpha value is -9.20. The van der Waals surface area contributed by atoms with Gasteiger partial charge < -0.3 is 104 Å². The molecule has 0 bridgehead atoms. The number of benzene rings is 3. The van der Waals surface area contributed by atoms with Gasteiger partial charge in [-0.15, -0.1) is 0 Å². The van der Waals surface area contributed by atoms with Crippen LogP contribution in [0.5, 0.6) is 17.2 Å². The molecule has 0 saturated carbocycles. The molecule has 116 heavy (non-hydrogen) atoms. The number of aliphatic hydroxyl groups is 3. The van der Waals surface area contributed by atoms with E-state index >= 15 is 0 Å². The maximum absolute atomic E-state index is 14.3. The van der Waals surface area contributed by atoms with E-state index in [1.54, 1.807) is 58.9 Å². The molecular formula is C81H115F2N3O30. The van der Waals surface area contributed by atoms with Gasteiger partial charge in [-0.1, -0.05) is 98.7 Å². The zero-order valence-electron chi connectivity index (χ0n) is 67.6. The molecule has 33 nitrogen and oxygen atoms in total. The molecule has 3 aliphatic rings. The van der Waals surface area contributed by atoms with E-state index in [0.717, 1.165) is 0 Å². The van der Waals surface area contributed by atoms with E-state index in [-0.39, 0.29) is 108 Å². The lowest BCUT2D eigenvalue weighted by molar-refractivity contribution is -0.277. The molecule has 3 aliphatic heterocycles. The summed E-state index contributed by atoms with van der Waals surface area (Å²) < 4.78 is 109. The average molecular weight is 1650 g/mol. The largest absolute Gasteiger partial charge is 0.456 e. The van der Waals surface area contributed by atoms with E-state index in [4.69, 9.17) is 88.3 Å². The molecule has 3 aromatic carbocycles. The van der Waals surface area contributed by atoms with E-state index in [0.29, 0.717) is 92.4 Å². The van der Waals surface area contributed by atoms with Crippen LogP contribution in [-0.2, 0) is 134 Å². The van der Waals surface area contributed by atoms with Crippen molar-refractivity contribution in [3.63, 3.8) is 0 Å². The number of hydrogen-bond donors (Lipinski definition) is 6. The summed E-state index contributed by atoms with van der Waals surface area (Å²) >= 11 is 0. The Morgan fingerprint density at radius 1 is 0.345 bits per heavy atom. The van der Waals surface area contributed by atoms with E-state index in [1.807, 2.05) is 27.7 Å². The topological polar surface area (TPSA) is 482 Å². The molecule has 648 valence electrons. The Morgan fingerprint density at radius 2 is 0.603 bits per heavy atom. The monoisotopic (exact) mass is 1650 g/mol. The molecule has 3 fully saturated rings. The highest BCUT2D eigenvalue weighted by atomic mass is 19.1. The molecule has 9 N–H and O–H groups in total. The number of carbonyl (C=O) groups is 12. The van der Waals surface area contributed by atoms with Gasteiger partial charge in [0.2, 0.25) is 31.1 Å². The number of alkyl halides is 2. The molecule has 0 radical (unpaired) electrons. The number of esters is 12. The fourth-order valence-corrected chi connectivity index (χ4v) is 11.3. The zero-order valence-corrected chi connectivity index (χ0v) is 67.6. The van der Waals surface area contributed by atoms with Crippen molar-refractivity contribution in [1.29, 1.82) is 0 Å². The van der Waals surface area contributed by atoms with Crippen LogP contribution in [0.3, 0.4) is 0 Å². The highest BCUT2D eigenvalue weighted by molar-refractivity contribution is 5.83. The van der Waals surface area contributed by atoms with Crippen LogP contribution in [0.1, 0.15) is 202 Å². The molecule has 3 saturated heterocycles. The molecule has 3 unspecified atom stereocenters. The Balaban J connectivity index is 0.000000374. The molecule has 3 aromatic rings. The van der Waals surface area contributed by atoms with Crippen LogP contribution in [0.4, 0.5) is 8.78 Å². The third-order valence-electron chi connectivity index (χ3n) is 17.4. The predicted molar refractivity (Wildman–Crippen MR) is 405 cm³/mol. The second kappa shape index (κ2) is 50.4. The van der Waals surface area contributed by atoms with E-state index < -0.39 is 163 Å². The van der Waals surface area contributed by atoms with Gasteiger partial charge in [-0.3, -0.25) is 43.2 Å². The van der Waals surface area contributed by atoms with Gasteiger partial charge in [0.15, 0.2) is 24.4 Å². The average Bonchev–Trinajstić information content (AvgIpc) is 0.707. The summed E-state index contributed by atoms with van der Waals surface area (Å²) in [6, 6.07) is 18.7. The number of rotatable bonds is 41. The van der Waals surface area contributed by atoms with Crippen molar-refractivity contribution < 1.29 is 153 Å². The Labute approximate surface area is 673 Å². The van der Waals surface area contributed by atoms with Gasteiger partial charge in [0.25, 0.3) is 0 Å². The van der Waals surface area contributed by atoms with Gasteiger partial charge in [-0.25, -0.2) is 23.2 Å². The van der Waals surface area contributed by atoms with E-state index in [1.165, 1.54) is 55.5 Å². The third-order valence-corrected chi connectivity index (χ3v) is 17.4. The summed E-state index contributed by atoms with van der Waals surface area (Å²) in [7, 11) is 0. The minimum atomic E-state index is -2.18. The molecule has 15 atom stereocenters. The van der Waals surface area contributed by atoms with Gasteiger partial charge in [0, 0.05) is 77.0 Å². The van der Waals surface area contributed by atoms with Crippen LogP contribution in [0.15, 0.2) is 72.8 Å². The van der Waals surface area contributed by atoms with Gasteiger partial charge >= 0.3 is 71.6 Å². The van der Waals surface area contributed by atoms with Crippen molar-refractivity contribution in [2.24, 2.45) is 17.2 Å². The van der Waals surface area contributed by atoms with Crippen LogP contribution in [-0.4, -0.2) is 211 Å². The first-order chi connectivity index (χ1) is 55.1. The molecule has 0 amide bonds. The Bertz CT molecular complexity index is 3630. The molecule has 0 spiro atoms. The van der Waals surface area contributed by atoms with E-state index in [2.05, 4.69) is 0 Å². The first kappa shape index (κ1) is 99.2. The number of carbonyl (C=O) groups excluding carboxylic acids is 12. The standard InChI is InChI=1S/C31H44FNO11.C31H45NO11.C19H26FNO8/c1-5-9-23(34)40-21-15-13-20(14-16-21)17-31(33,19-32)30(38)44-29-28(43-26(37)12-8-4)27(42-25(36)11-7-3)22(18-39-29)41-24(35)10-6-2;1-6-10-23(33)39-21-16-14-20(15-17-21)18-31(5,32)30(37)43-29-28(42-26(36)13-9-4)27(41-25(35)12-8-3)22(19-38-29)40-24(34)11-7-2;1-2-3-14(23)28-12-6-4-11(5-7-12)8-19(21,10-20)18(26)29-17-16(25)15(24)13(22)9-27-17/h13-16,22,27-29H,5-12,17-19,33H2,1-4H3;14-17,22,27-29H,6-13,18-19,32H2,1-5H3;4-7,13,15-17,22,24-25H,2-3,8-10,21H2,1H3/t22?,27-,28+,29-,31+;22?,27-,28+,29-,31-;13?,15-,16+,17-,19+/m000/s1. The minimum absolute atomic E-state index is 0.0118. The van der Waals surface area contributed by atoms with Crippen LogP contribution in [0, 0.1) is 0 Å². The molecular weight excluding hydrogens is 1530 g/mol. The number of ether oxygens (including phenoxy) is 15. The fraction of sp³-hybridized carbons (Fsp3) is 0.630. The van der Waals surface area contributed by atoms with Gasteiger partial charge in [-0.05, 0) is 118 Å². The van der Waals surface area contributed by atoms with E-state index in [9.17, 15) is 81.6 Å². The molecule has 0 aromatic heterocycles. The number of nitrogens with two attached hydrogens (primary N) is 3. The fourth-order valence-electron chi connectivity index (χ4n) is 11.3. The highest BCUT2D eigenvalue weighted by Crippen LogP contribution is 2.32. The quantitative estimate of drug-likeness (QED) is 0.0191. The number of aliphatic hydroxyl groups excluding tert-OH is 3. The lowest BCUT2D eigenvalue weighted by Crippen LogP contribution is -2.61. The van der Waals surface area contributed by atoms with Gasteiger partial charge in [0.05, 0.1) is 19.8 Å². The molecule has 0 aliphatic carbocycles. The summed E-state index contributed by atoms with van der Waals surface area (Å²) in [4.78, 5) is 149. The number of hydrogen-bond acceptors (Lipinski definition) is 33. The first-order valence-corrected chi connectivity index (χ1v) is 39.2. The number of halogens is 2. The molecule has 35 heteroatoms. The van der Waals surface area contributed by atoms with Crippen LogP contribution in [0.25, 0.3) is 0 Å². The summed E-state index contributed by atoms with van der Waals surface area (Å²) in [5, 5.41) is 28.9. The third kappa shape index (κ3) is 32.7. The van der Waals surface area contributed by atoms with Crippen LogP contribution >= 0.6 is 0 Å². The second-order valence-electron chi connectivity index (χ2n) is 28.4. The van der Waals surface area contributed by atoms with Gasteiger partial charge in [0.1, 0.15) is 65.5 Å². The summed E-state index contributed by atoms with van der Waals surface area (Å²) in [6.45, 7) is 14.1. The lowest BCUT2D eigenvalue weighted by atomic mass is 9.93. The summed E-state index contributed by atoms with van der Waals surface area (Å²) in [5.41, 5.74) is 14.2. The molecule has 6 rings (SSSR count). The SMILES string of the molecule is CCCC(=O)Oc1ccc(C[C@@](N)(CF)C(=O)O[C@@H]2OCC(O)[C@H](O)[C@H]2O)cc1.CCCC(=O)Oc1ccc(C[C@@](N)(CF)C(=O)O[C@@H]2OCC(OC(=O)CCC)[C@H](OC(=O)CCC)[C@H]2OC(=O)CCC)cc1.CCCC(=O)Oc1ccc(C[C@](C)(N)C(=O)O[C@@H]2OCC(OC(=O)CCC)[C@H](OC(=O)CCC)[C@H]2OC(=O)CCC)cc1. The van der Waals surface area contributed by atoms with Crippen molar-refractivity contribution in [2.75, 3.05) is 33.2 Å². The minimum Gasteiger partial charge on any atom is -0.456 e.